The Hall–Kier alpha value is -0.840. The van der Waals surface area contributed by atoms with Crippen molar-refractivity contribution in [3.63, 3.8) is 0 Å². The van der Waals surface area contributed by atoms with Gasteiger partial charge < -0.3 is 14.2 Å². The van der Waals surface area contributed by atoms with Gasteiger partial charge in [-0.15, -0.1) is 0 Å². The molecule has 0 heterocycles. The predicted molar refractivity (Wildman–Crippen MR) is 30.3 cm³/mol. The number of halogens is 1. The summed E-state index contributed by atoms with van der Waals surface area (Å²) in [6, 6.07) is 0. The van der Waals surface area contributed by atoms with E-state index >= 15 is 0 Å². The van der Waals surface area contributed by atoms with Gasteiger partial charge in [-0.1, -0.05) is 0 Å². The third-order valence-electron chi connectivity index (χ3n) is 0.648. The summed E-state index contributed by atoms with van der Waals surface area (Å²) in [5.74, 6) is 0. The third-order valence-corrected chi connectivity index (χ3v) is 0.648. The fraction of sp³-hybridized carbons (Fsp3) is 0.800. The van der Waals surface area contributed by atoms with Gasteiger partial charge in [0, 0.05) is 0 Å². The van der Waals surface area contributed by atoms with E-state index in [0.717, 1.165) is 0 Å². The molecule has 0 aliphatic heterocycles. The van der Waals surface area contributed by atoms with Crippen molar-refractivity contribution in [3.05, 3.63) is 0 Å². The zero-order valence-electron chi connectivity index (χ0n) is 5.63. The van der Waals surface area contributed by atoms with E-state index in [1.807, 2.05) is 0 Å². The van der Waals surface area contributed by atoms with Crippen molar-refractivity contribution in [1.82, 2.24) is 0 Å². The summed E-state index contributed by atoms with van der Waals surface area (Å²) in [5, 5.41) is 0. The van der Waals surface area contributed by atoms with Gasteiger partial charge >= 0.3 is 6.16 Å². The lowest BCUT2D eigenvalue weighted by Gasteiger charge is -2.01. The molecule has 0 fully saturated rings. The first kappa shape index (κ1) is 9.16. The summed E-state index contributed by atoms with van der Waals surface area (Å²) < 4.78 is 24.1. The molecule has 0 aromatic carbocycles. The van der Waals surface area contributed by atoms with E-state index in [2.05, 4.69) is 14.2 Å². The standard InChI is InChI=1S/C5H9FO4/c1-8-5(7)10-4-9-3-2-6/h2-4H2,1H3. The molecule has 0 unspecified atom stereocenters. The molecule has 0 aliphatic rings. The Morgan fingerprint density at radius 1 is 1.60 bits per heavy atom. The van der Waals surface area contributed by atoms with Crippen molar-refractivity contribution >= 4 is 6.16 Å². The van der Waals surface area contributed by atoms with Crippen LogP contribution in [0.15, 0.2) is 0 Å². The van der Waals surface area contributed by atoms with E-state index in [1.54, 1.807) is 0 Å². The normalized spacial score (nSPS) is 9.00. The quantitative estimate of drug-likeness (QED) is 0.338. The number of hydrogen-bond donors (Lipinski definition) is 0. The summed E-state index contributed by atoms with van der Waals surface area (Å²) in [5.41, 5.74) is 0. The lowest BCUT2D eigenvalue weighted by Crippen LogP contribution is -2.09. The number of ether oxygens (including phenoxy) is 3. The average Bonchev–Trinajstić information content (AvgIpc) is 1.98. The van der Waals surface area contributed by atoms with E-state index in [4.69, 9.17) is 0 Å². The number of methoxy groups -OCH3 is 1. The van der Waals surface area contributed by atoms with E-state index in [1.165, 1.54) is 7.11 Å². The number of hydrogen-bond acceptors (Lipinski definition) is 4. The van der Waals surface area contributed by atoms with E-state index in [0.29, 0.717) is 0 Å². The summed E-state index contributed by atoms with van der Waals surface area (Å²) in [7, 11) is 1.18. The summed E-state index contributed by atoms with van der Waals surface area (Å²) >= 11 is 0. The first-order valence-corrected chi connectivity index (χ1v) is 2.65. The maximum absolute atomic E-state index is 11.3. The monoisotopic (exact) mass is 152 g/mol. The maximum Gasteiger partial charge on any atom is 0.510 e. The Morgan fingerprint density at radius 2 is 2.30 bits per heavy atom. The third kappa shape index (κ3) is 5.30. The van der Waals surface area contributed by atoms with Crippen LogP contribution >= 0.6 is 0 Å². The van der Waals surface area contributed by atoms with Gasteiger partial charge in [-0.2, -0.15) is 0 Å². The van der Waals surface area contributed by atoms with Crippen LogP contribution in [0.1, 0.15) is 0 Å². The predicted octanol–water partition coefficient (Wildman–Crippen LogP) is 0.713. The minimum atomic E-state index is -0.834. The Labute approximate surface area is 57.9 Å². The van der Waals surface area contributed by atoms with Gasteiger partial charge in [0.15, 0.2) is 6.79 Å². The number of carbonyl (C=O) groups is 1. The molecule has 4 nitrogen and oxygen atoms in total. The summed E-state index contributed by atoms with van der Waals surface area (Å²) in [4.78, 5) is 10.2. The fourth-order valence-electron chi connectivity index (χ4n) is 0.262. The molecule has 0 amide bonds. The fourth-order valence-corrected chi connectivity index (χ4v) is 0.262. The van der Waals surface area contributed by atoms with E-state index < -0.39 is 12.8 Å². The highest BCUT2D eigenvalue weighted by molar-refractivity contribution is 5.59. The highest BCUT2D eigenvalue weighted by Gasteiger charge is 1.97. The lowest BCUT2D eigenvalue weighted by molar-refractivity contribution is -0.0422. The topological polar surface area (TPSA) is 44.8 Å². The van der Waals surface area contributed by atoms with Gasteiger partial charge in [-0.05, 0) is 0 Å². The molecule has 0 atom stereocenters. The molecular formula is C5H9FO4. The molecule has 0 N–H and O–H groups in total. The number of rotatable bonds is 4. The Morgan fingerprint density at radius 3 is 2.80 bits per heavy atom. The van der Waals surface area contributed by atoms with Crippen LogP contribution in [-0.2, 0) is 14.2 Å². The highest BCUT2D eigenvalue weighted by atomic mass is 19.1. The minimum Gasteiger partial charge on any atom is -0.438 e. The Bertz CT molecular complexity index is 95.6. The van der Waals surface area contributed by atoms with Crippen molar-refractivity contribution in [2.45, 2.75) is 0 Å². The van der Waals surface area contributed by atoms with Gasteiger partial charge in [-0.3, -0.25) is 0 Å². The van der Waals surface area contributed by atoms with Gasteiger partial charge in [0.1, 0.15) is 6.67 Å². The van der Waals surface area contributed by atoms with Crippen molar-refractivity contribution in [3.8, 4) is 0 Å². The second-order valence-electron chi connectivity index (χ2n) is 1.31. The largest absolute Gasteiger partial charge is 0.510 e. The van der Waals surface area contributed by atoms with Crippen molar-refractivity contribution in [1.29, 1.82) is 0 Å². The molecule has 0 aromatic heterocycles. The smallest absolute Gasteiger partial charge is 0.438 e. The van der Waals surface area contributed by atoms with Crippen LogP contribution in [0.2, 0.25) is 0 Å². The molecule has 0 radical (unpaired) electrons. The van der Waals surface area contributed by atoms with Gasteiger partial charge in [0.05, 0.1) is 13.7 Å². The van der Waals surface area contributed by atoms with E-state index in [-0.39, 0.29) is 13.4 Å². The molecule has 0 bridgehead atoms. The minimum absolute atomic E-state index is 0.0724. The Balaban J connectivity index is 2.96. The lowest BCUT2D eigenvalue weighted by atomic mass is 10.8. The zero-order chi connectivity index (χ0) is 7.82. The van der Waals surface area contributed by atoms with Crippen LogP contribution in [-0.4, -0.2) is 33.3 Å². The first-order valence-electron chi connectivity index (χ1n) is 2.65. The molecule has 60 valence electrons. The van der Waals surface area contributed by atoms with Crippen molar-refractivity contribution in [2.24, 2.45) is 0 Å². The van der Waals surface area contributed by atoms with Crippen LogP contribution in [0, 0.1) is 0 Å². The van der Waals surface area contributed by atoms with Gasteiger partial charge in [0.2, 0.25) is 0 Å². The molecule has 0 saturated carbocycles. The van der Waals surface area contributed by atoms with E-state index in [9.17, 15) is 9.18 Å². The van der Waals surface area contributed by atoms with Crippen LogP contribution < -0.4 is 0 Å². The highest BCUT2D eigenvalue weighted by Crippen LogP contribution is 1.83. The zero-order valence-corrected chi connectivity index (χ0v) is 5.63. The van der Waals surface area contributed by atoms with Crippen molar-refractivity contribution < 1.29 is 23.4 Å². The van der Waals surface area contributed by atoms with Crippen LogP contribution in [0.5, 0.6) is 0 Å². The summed E-state index contributed by atoms with van der Waals surface area (Å²) in [6.07, 6.45) is -0.834. The second kappa shape index (κ2) is 6.28. The SMILES string of the molecule is COC(=O)OCOCCF. The molecule has 5 heteroatoms. The molecule has 10 heavy (non-hydrogen) atoms. The van der Waals surface area contributed by atoms with Crippen LogP contribution in [0.3, 0.4) is 0 Å². The summed E-state index contributed by atoms with van der Waals surface area (Å²) in [6.45, 7) is -0.932. The van der Waals surface area contributed by atoms with Gasteiger partial charge in [-0.25, -0.2) is 9.18 Å². The maximum atomic E-state index is 11.3. The van der Waals surface area contributed by atoms with Crippen LogP contribution in [0.25, 0.3) is 0 Å². The molecular weight excluding hydrogens is 143 g/mol. The Kier molecular flexibility index (Phi) is 5.75. The second-order valence-corrected chi connectivity index (χ2v) is 1.31. The molecule has 0 aliphatic carbocycles. The average molecular weight is 152 g/mol. The van der Waals surface area contributed by atoms with Gasteiger partial charge in [0.25, 0.3) is 0 Å². The van der Waals surface area contributed by atoms with Crippen LogP contribution in [0.4, 0.5) is 9.18 Å². The molecule has 0 rings (SSSR count). The molecule has 0 saturated heterocycles. The number of alkyl halides is 1. The van der Waals surface area contributed by atoms with Crippen molar-refractivity contribution in [2.75, 3.05) is 27.2 Å². The molecule has 0 spiro atoms. The number of carbonyl (C=O) groups excluding carboxylic acids is 1. The molecule has 0 aromatic rings. The first-order chi connectivity index (χ1) is 4.81.